The number of benzene rings is 1. The molecule has 3 aromatic rings. The van der Waals surface area contributed by atoms with E-state index >= 15 is 0 Å². The Morgan fingerprint density at radius 3 is 2.78 bits per heavy atom. The predicted octanol–water partition coefficient (Wildman–Crippen LogP) is 4.77. The van der Waals surface area contributed by atoms with Crippen molar-refractivity contribution in [2.75, 3.05) is 0 Å². The van der Waals surface area contributed by atoms with E-state index in [9.17, 15) is 4.79 Å². The molecule has 0 unspecified atom stereocenters. The quantitative estimate of drug-likeness (QED) is 0.442. The summed E-state index contributed by atoms with van der Waals surface area (Å²) in [6.45, 7) is 0.465. The van der Waals surface area contributed by atoms with Gasteiger partial charge in [0.1, 0.15) is 5.03 Å². The van der Waals surface area contributed by atoms with E-state index in [2.05, 4.69) is 9.97 Å². The minimum atomic E-state index is -0.210. The van der Waals surface area contributed by atoms with E-state index in [-0.39, 0.29) is 5.69 Å². The lowest BCUT2D eigenvalue weighted by atomic mass is 10.2. The molecule has 4 rings (SSSR count). The molecular formula is C20H17Cl2N3OS. The summed E-state index contributed by atoms with van der Waals surface area (Å²) in [5, 5.41) is 1.91. The van der Waals surface area contributed by atoms with Gasteiger partial charge in [-0.15, -0.1) is 11.8 Å². The average molecular weight is 418 g/mol. The predicted molar refractivity (Wildman–Crippen MR) is 110 cm³/mol. The SMILES string of the molecule is O=c1nc(SCc2ccc(Cl)c(Cl)c2)c2c(n1Cc1ccccn1)CCC2. The number of pyridine rings is 1. The third kappa shape index (κ3) is 4.05. The summed E-state index contributed by atoms with van der Waals surface area (Å²) in [6, 6.07) is 11.3. The molecule has 0 atom stereocenters. The first-order valence-electron chi connectivity index (χ1n) is 8.71. The van der Waals surface area contributed by atoms with Crippen LogP contribution < -0.4 is 5.69 Å². The molecule has 0 fully saturated rings. The van der Waals surface area contributed by atoms with Crippen LogP contribution in [0.25, 0.3) is 0 Å². The Labute approximate surface area is 171 Å². The second-order valence-corrected chi connectivity index (χ2v) is 8.20. The standard InChI is InChI=1S/C20H17Cl2N3OS/c21-16-8-7-13(10-17(16)22)12-27-19-15-5-3-6-18(15)25(20(26)24-19)11-14-4-1-2-9-23-14/h1-2,4,7-10H,3,5-6,11-12H2. The molecule has 0 aliphatic heterocycles. The Morgan fingerprint density at radius 2 is 2.00 bits per heavy atom. The fraction of sp³-hybridized carbons (Fsp3) is 0.250. The van der Waals surface area contributed by atoms with Crippen molar-refractivity contribution in [1.29, 1.82) is 0 Å². The molecule has 0 N–H and O–H groups in total. The lowest BCUT2D eigenvalue weighted by molar-refractivity contribution is 0.656. The van der Waals surface area contributed by atoms with Crippen LogP contribution in [0.2, 0.25) is 10.0 Å². The molecule has 0 amide bonds. The number of hydrogen-bond donors (Lipinski definition) is 0. The molecule has 0 saturated heterocycles. The molecular weight excluding hydrogens is 401 g/mol. The first-order chi connectivity index (χ1) is 13.1. The van der Waals surface area contributed by atoms with Crippen molar-refractivity contribution in [3.05, 3.63) is 85.6 Å². The Hall–Kier alpha value is -1.82. The molecule has 2 aromatic heterocycles. The Kier molecular flexibility index (Phi) is 5.53. The van der Waals surface area contributed by atoms with Gasteiger partial charge in [-0.1, -0.05) is 35.3 Å². The van der Waals surface area contributed by atoms with Crippen molar-refractivity contribution >= 4 is 35.0 Å². The zero-order chi connectivity index (χ0) is 18.8. The van der Waals surface area contributed by atoms with Crippen LogP contribution in [0.4, 0.5) is 0 Å². The lowest BCUT2D eigenvalue weighted by Crippen LogP contribution is -2.28. The fourth-order valence-corrected chi connectivity index (χ4v) is 4.64. The largest absolute Gasteiger partial charge is 0.349 e. The molecule has 4 nitrogen and oxygen atoms in total. The van der Waals surface area contributed by atoms with Crippen LogP contribution in [-0.4, -0.2) is 14.5 Å². The molecule has 0 spiro atoms. The lowest BCUT2D eigenvalue weighted by Gasteiger charge is -2.14. The third-order valence-electron chi connectivity index (χ3n) is 4.61. The van der Waals surface area contributed by atoms with Crippen molar-refractivity contribution in [2.24, 2.45) is 0 Å². The van der Waals surface area contributed by atoms with Gasteiger partial charge in [-0.05, 0) is 49.1 Å². The highest BCUT2D eigenvalue weighted by molar-refractivity contribution is 7.98. The molecule has 1 aliphatic carbocycles. The van der Waals surface area contributed by atoms with Gasteiger partial charge in [-0.25, -0.2) is 4.79 Å². The second-order valence-electron chi connectivity index (χ2n) is 6.42. The molecule has 2 heterocycles. The number of fused-ring (bicyclic) bond motifs is 1. The Morgan fingerprint density at radius 1 is 1.11 bits per heavy atom. The van der Waals surface area contributed by atoms with E-state index in [1.807, 2.05) is 30.3 Å². The number of aromatic nitrogens is 3. The maximum atomic E-state index is 12.7. The van der Waals surface area contributed by atoms with Gasteiger partial charge in [-0.3, -0.25) is 9.55 Å². The van der Waals surface area contributed by atoms with Crippen LogP contribution in [0.3, 0.4) is 0 Å². The van der Waals surface area contributed by atoms with Crippen molar-refractivity contribution in [2.45, 2.75) is 36.6 Å². The van der Waals surface area contributed by atoms with Crippen LogP contribution in [0, 0.1) is 0 Å². The van der Waals surface area contributed by atoms with Gasteiger partial charge in [0, 0.05) is 23.2 Å². The molecule has 138 valence electrons. The molecule has 0 radical (unpaired) electrons. The van der Waals surface area contributed by atoms with Gasteiger partial charge in [0.15, 0.2) is 0 Å². The molecule has 7 heteroatoms. The van der Waals surface area contributed by atoms with Crippen molar-refractivity contribution < 1.29 is 0 Å². The van der Waals surface area contributed by atoms with Gasteiger partial charge in [0.25, 0.3) is 0 Å². The summed E-state index contributed by atoms with van der Waals surface area (Å²) < 4.78 is 1.77. The number of thioether (sulfide) groups is 1. The number of hydrogen-bond acceptors (Lipinski definition) is 4. The fourth-order valence-electron chi connectivity index (χ4n) is 3.30. The topological polar surface area (TPSA) is 47.8 Å². The summed E-state index contributed by atoms with van der Waals surface area (Å²) in [6.07, 6.45) is 4.65. The summed E-state index contributed by atoms with van der Waals surface area (Å²) in [5.41, 5.74) is 4.00. The highest BCUT2D eigenvalue weighted by atomic mass is 35.5. The minimum absolute atomic E-state index is 0.210. The van der Waals surface area contributed by atoms with Crippen molar-refractivity contribution in [3.63, 3.8) is 0 Å². The molecule has 0 saturated carbocycles. The van der Waals surface area contributed by atoms with Gasteiger partial charge < -0.3 is 0 Å². The van der Waals surface area contributed by atoms with Crippen LogP contribution in [0.5, 0.6) is 0 Å². The van der Waals surface area contributed by atoms with E-state index in [1.54, 1.807) is 28.6 Å². The summed E-state index contributed by atoms with van der Waals surface area (Å²) in [5.74, 6) is 0.694. The van der Waals surface area contributed by atoms with E-state index in [0.717, 1.165) is 41.2 Å². The van der Waals surface area contributed by atoms with Gasteiger partial charge >= 0.3 is 5.69 Å². The van der Waals surface area contributed by atoms with Crippen molar-refractivity contribution in [3.8, 4) is 0 Å². The van der Waals surface area contributed by atoms with E-state index in [4.69, 9.17) is 23.2 Å². The maximum Gasteiger partial charge on any atom is 0.349 e. The normalized spacial score (nSPS) is 13.0. The second kappa shape index (κ2) is 8.05. The van der Waals surface area contributed by atoms with Crippen molar-refractivity contribution in [1.82, 2.24) is 14.5 Å². The summed E-state index contributed by atoms with van der Waals surface area (Å²) in [7, 11) is 0. The molecule has 0 bridgehead atoms. The zero-order valence-electron chi connectivity index (χ0n) is 14.5. The van der Waals surface area contributed by atoms with Crippen LogP contribution in [-0.2, 0) is 25.1 Å². The first kappa shape index (κ1) is 18.5. The van der Waals surface area contributed by atoms with Crippen LogP contribution >= 0.6 is 35.0 Å². The van der Waals surface area contributed by atoms with Gasteiger partial charge in [-0.2, -0.15) is 4.98 Å². The highest BCUT2D eigenvalue weighted by Crippen LogP contribution is 2.32. The van der Waals surface area contributed by atoms with Crippen LogP contribution in [0.15, 0.2) is 52.4 Å². The number of halogens is 2. The monoisotopic (exact) mass is 417 g/mol. The highest BCUT2D eigenvalue weighted by Gasteiger charge is 2.22. The molecule has 1 aliphatic rings. The van der Waals surface area contributed by atoms with Gasteiger partial charge in [0.2, 0.25) is 0 Å². The average Bonchev–Trinajstić information content (AvgIpc) is 3.16. The Balaban J connectivity index is 1.61. The smallest absolute Gasteiger partial charge is 0.290 e. The zero-order valence-corrected chi connectivity index (χ0v) is 16.8. The first-order valence-corrected chi connectivity index (χ1v) is 10.4. The van der Waals surface area contributed by atoms with Crippen LogP contribution in [0.1, 0.15) is 28.9 Å². The van der Waals surface area contributed by atoms with Gasteiger partial charge in [0.05, 0.1) is 22.3 Å². The van der Waals surface area contributed by atoms with E-state index < -0.39 is 0 Å². The third-order valence-corrected chi connectivity index (χ3v) is 6.43. The number of rotatable bonds is 5. The molecule has 27 heavy (non-hydrogen) atoms. The maximum absolute atomic E-state index is 12.7. The number of nitrogens with zero attached hydrogens (tertiary/aromatic N) is 3. The van der Waals surface area contributed by atoms with E-state index in [1.165, 1.54) is 5.56 Å². The minimum Gasteiger partial charge on any atom is -0.290 e. The van der Waals surface area contributed by atoms with E-state index in [0.29, 0.717) is 22.3 Å². The Bertz CT molecular complexity index is 1040. The summed E-state index contributed by atoms with van der Waals surface area (Å²) in [4.78, 5) is 21.4. The molecule has 1 aromatic carbocycles. The summed E-state index contributed by atoms with van der Waals surface area (Å²) >= 11 is 13.7.